The standard InChI is InChI=1S/C7H4F3O2S/c8-7(9,10)12-5-3-1-2-4-6(5)13-11/h1-4H/q+1. The fourth-order valence-electron chi connectivity index (χ4n) is 0.728. The maximum absolute atomic E-state index is 11.7. The van der Waals surface area contributed by atoms with E-state index in [4.69, 9.17) is 0 Å². The molecule has 0 atom stereocenters. The fourth-order valence-corrected chi connectivity index (χ4v) is 1.05. The number of hydrogen-bond donors (Lipinski definition) is 0. The first-order chi connectivity index (χ1) is 6.03. The van der Waals surface area contributed by atoms with Gasteiger partial charge in [-0.1, -0.05) is 12.1 Å². The molecule has 70 valence electrons. The van der Waals surface area contributed by atoms with Crippen molar-refractivity contribution in [1.29, 1.82) is 0 Å². The highest BCUT2D eigenvalue weighted by atomic mass is 32.1. The molecular formula is C7H4F3O2S+. The second kappa shape index (κ2) is 3.69. The van der Waals surface area contributed by atoms with E-state index in [0.717, 1.165) is 6.07 Å². The Labute approximate surface area is 75.8 Å². The van der Waals surface area contributed by atoms with E-state index in [9.17, 15) is 17.4 Å². The predicted molar refractivity (Wildman–Crippen MR) is 39.4 cm³/mol. The van der Waals surface area contributed by atoms with Gasteiger partial charge in [-0.2, -0.15) is 0 Å². The van der Waals surface area contributed by atoms with Gasteiger partial charge in [0.2, 0.25) is 0 Å². The zero-order chi connectivity index (χ0) is 9.90. The maximum atomic E-state index is 11.7. The van der Waals surface area contributed by atoms with Crippen molar-refractivity contribution < 1.29 is 22.1 Å². The number of para-hydroxylation sites is 1. The van der Waals surface area contributed by atoms with Crippen LogP contribution in [0, 0.1) is 0 Å². The van der Waals surface area contributed by atoms with E-state index in [1.807, 2.05) is 0 Å². The van der Waals surface area contributed by atoms with Crippen molar-refractivity contribution in [2.45, 2.75) is 11.3 Å². The van der Waals surface area contributed by atoms with Gasteiger partial charge in [0.05, 0.1) is 0 Å². The molecule has 0 amide bonds. The minimum atomic E-state index is -4.76. The second-order valence-electron chi connectivity index (χ2n) is 2.08. The fraction of sp³-hybridized carbons (Fsp3) is 0.143. The highest BCUT2D eigenvalue weighted by molar-refractivity contribution is 7.65. The summed E-state index contributed by atoms with van der Waals surface area (Å²) < 4.78 is 49.1. The van der Waals surface area contributed by atoms with Crippen LogP contribution >= 0.6 is 0 Å². The Morgan fingerprint density at radius 1 is 1.23 bits per heavy atom. The molecule has 0 spiro atoms. The molecule has 1 aromatic rings. The van der Waals surface area contributed by atoms with Gasteiger partial charge in [0.25, 0.3) is 0 Å². The molecule has 0 aliphatic heterocycles. The third kappa shape index (κ3) is 2.98. The topological polar surface area (TPSA) is 26.3 Å². The third-order valence-electron chi connectivity index (χ3n) is 1.16. The first kappa shape index (κ1) is 9.91. The quantitative estimate of drug-likeness (QED) is 0.699. The molecular weight excluding hydrogens is 205 g/mol. The Bertz CT molecular complexity index is 311. The Balaban J connectivity index is 2.94. The molecule has 0 N–H and O–H groups in total. The van der Waals surface area contributed by atoms with Gasteiger partial charge in [0, 0.05) is 10.3 Å². The van der Waals surface area contributed by atoms with E-state index >= 15 is 0 Å². The number of benzene rings is 1. The molecule has 1 rings (SSSR count). The van der Waals surface area contributed by atoms with Crippen molar-refractivity contribution in [2.75, 3.05) is 0 Å². The molecule has 1 aromatic carbocycles. The van der Waals surface area contributed by atoms with Crippen LogP contribution in [-0.4, -0.2) is 6.36 Å². The SMILES string of the molecule is O=[S+]c1ccccc1OC(F)(F)F. The van der Waals surface area contributed by atoms with E-state index in [2.05, 4.69) is 4.74 Å². The van der Waals surface area contributed by atoms with Gasteiger partial charge < -0.3 is 4.74 Å². The molecule has 0 saturated carbocycles. The molecule has 0 unspecified atom stereocenters. The summed E-state index contributed by atoms with van der Waals surface area (Å²) in [4.78, 5) is -0.0835. The Morgan fingerprint density at radius 2 is 1.85 bits per heavy atom. The van der Waals surface area contributed by atoms with Gasteiger partial charge in [-0.05, 0) is 6.07 Å². The van der Waals surface area contributed by atoms with E-state index in [1.54, 1.807) is 0 Å². The molecule has 0 aliphatic rings. The van der Waals surface area contributed by atoms with E-state index in [-0.39, 0.29) is 16.6 Å². The summed E-state index contributed by atoms with van der Waals surface area (Å²) in [5.74, 6) is -0.463. The summed E-state index contributed by atoms with van der Waals surface area (Å²) in [6.07, 6.45) is -4.76. The number of hydrogen-bond acceptors (Lipinski definition) is 2. The average Bonchev–Trinajstić information content (AvgIpc) is 2.02. The van der Waals surface area contributed by atoms with Crippen LogP contribution in [0.1, 0.15) is 0 Å². The summed E-state index contributed by atoms with van der Waals surface area (Å²) in [6, 6.07) is 5.18. The smallest absolute Gasteiger partial charge is 0.400 e. The number of halogens is 3. The van der Waals surface area contributed by atoms with Crippen LogP contribution in [0.4, 0.5) is 13.2 Å². The summed E-state index contributed by atoms with van der Waals surface area (Å²) in [7, 11) is 0. The van der Waals surface area contributed by atoms with Gasteiger partial charge >= 0.3 is 22.9 Å². The number of alkyl halides is 3. The highest BCUT2D eigenvalue weighted by Gasteiger charge is 2.34. The first-order valence-corrected chi connectivity index (χ1v) is 3.91. The molecule has 0 bridgehead atoms. The van der Waals surface area contributed by atoms with Gasteiger partial charge in [-0.25, -0.2) is 0 Å². The zero-order valence-electron chi connectivity index (χ0n) is 6.17. The molecule has 6 heteroatoms. The monoisotopic (exact) mass is 209 g/mol. The average molecular weight is 209 g/mol. The van der Waals surface area contributed by atoms with Crippen LogP contribution in [0.5, 0.6) is 5.75 Å². The Hall–Kier alpha value is -1.17. The first-order valence-electron chi connectivity index (χ1n) is 3.17. The van der Waals surface area contributed by atoms with Crippen molar-refractivity contribution in [2.24, 2.45) is 0 Å². The van der Waals surface area contributed by atoms with E-state index in [0.29, 0.717) is 0 Å². The highest BCUT2D eigenvalue weighted by Crippen LogP contribution is 2.26. The Kier molecular flexibility index (Phi) is 2.82. The van der Waals surface area contributed by atoms with Gasteiger partial charge in [-0.3, -0.25) is 0 Å². The van der Waals surface area contributed by atoms with Crippen LogP contribution in [0.3, 0.4) is 0 Å². The molecule has 2 nitrogen and oxygen atoms in total. The predicted octanol–water partition coefficient (Wildman–Crippen LogP) is 2.37. The molecule has 0 radical (unpaired) electrons. The lowest BCUT2D eigenvalue weighted by Crippen LogP contribution is -2.17. The van der Waals surface area contributed by atoms with Crippen molar-refractivity contribution in [3.63, 3.8) is 0 Å². The van der Waals surface area contributed by atoms with Crippen LogP contribution in [0.25, 0.3) is 0 Å². The lowest BCUT2D eigenvalue weighted by Gasteiger charge is -2.06. The third-order valence-corrected chi connectivity index (χ3v) is 1.68. The second-order valence-corrected chi connectivity index (χ2v) is 2.68. The largest absolute Gasteiger partial charge is 0.573 e. The van der Waals surface area contributed by atoms with Crippen LogP contribution < -0.4 is 4.74 Å². The lowest BCUT2D eigenvalue weighted by atomic mass is 10.3. The zero-order valence-corrected chi connectivity index (χ0v) is 6.98. The van der Waals surface area contributed by atoms with Crippen molar-refractivity contribution in [3.8, 4) is 5.75 Å². The molecule has 0 saturated heterocycles. The van der Waals surface area contributed by atoms with Gasteiger partial charge in [0.1, 0.15) is 0 Å². The van der Waals surface area contributed by atoms with Gasteiger partial charge in [0.15, 0.2) is 5.75 Å². The van der Waals surface area contributed by atoms with Crippen molar-refractivity contribution >= 4 is 11.7 Å². The summed E-state index contributed by atoms with van der Waals surface area (Å²) in [6.45, 7) is 0. The van der Waals surface area contributed by atoms with Crippen LogP contribution in [0.15, 0.2) is 29.2 Å². The summed E-state index contributed by atoms with van der Waals surface area (Å²) in [5, 5.41) is 0. The Morgan fingerprint density at radius 3 is 2.38 bits per heavy atom. The van der Waals surface area contributed by atoms with E-state index in [1.165, 1.54) is 18.2 Å². The number of rotatable bonds is 2. The summed E-state index contributed by atoms with van der Waals surface area (Å²) in [5.41, 5.74) is 0. The molecule has 0 heterocycles. The minimum absolute atomic E-state index is 0.0389. The van der Waals surface area contributed by atoms with Crippen LogP contribution in [0.2, 0.25) is 0 Å². The van der Waals surface area contributed by atoms with Crippen molar-refractivity contribution in [1.82, 2.24) is 0 Å². The van der Waals surface area contributed by atoms with Crippen molar-refractivity contribution in [3.05, 3.63) is 24.3 Å². The maximum Gasteiger partial charge on any atom is 0.573 e. The molecule has 0 aliphatic carbocycles. The molecule has 0 fully saturated rings. The molecule has 0 aromatic heterocycles. The molecule has 13 heavy (non-hydrogen) atoms. The number of ether oxygens (including phenoxy) is 1. The minimum Gasteiger partial charge on any atom is -0.400 e. The van der Waals surface area contributed by atoms with Crippen LogP contribution in [-0.2, 0) is 15.9 Å². The lowest BCUT2D eigenvalue weighted by molar-refractivity contribution is -0.275. The normalized spacial score (nSPS) is 11.0. The van der Waals surface area contributed by atoms with Gasteiger partial charge in [-0.15, -0.1) is 13.2 Å². The van der Waals surface area contributed by atoms with E-state index < -0.39 is 12.1 Å². The summed E-state index contributed by atoms with van der Waals surface area (Å²) >= 11 is -0.0389.